The molecule has 0 bridgehead atoms. The predicted molar refractivity (Wildman–Crippen MR) is 72.3 cm³/mol. The molecule has 0 spiro atoms. The summed E-state index contributed by atoms with van der Waals surface area (Å²) in [6.45, 7) is 0.515. The van der Waals surface area contributed by atoms with E-state index in [4.69, 9.17) is 9.84 Å². The Hall–Kier alpha value is -1.44. The molecule has 0 aliphatic carbocycles. The summed E-state index contributed by atoms with van der Waals surface area (Å²) in [5.41, 5.74) is 0.671. The number of benzene rings is 1. The van der Waals surface area contributed by atoms with Gasteiger partial charge in [-0.2, -0.15) is 0 Å². The van der Waals surface area contributed by atoms with Crippen LogP contribution in [0.25, 0.3) is 0 Å². The average Bonchev–Trinajstić information content (AvgIpc) is 2.67. The Labute approximate surface area is 117 Å². The molecule has 2 rings (SSSR count). The number of hydrogen-bond donors (Lipinski definition) is 1. The average molecular weight is 299 g/mol. The first kappa shape index (κ1) is 15.0. The molecule has 0 fully saturated rings. The smallest absolute Gasteiger partial charge is 0.317 e. The first-order valence-corrected chi connectivity index (χ1v) is 7.87. The topological polar surface area (TPSA) is 83.9 Å². The van der Waals surface area contributed by atoms with E-state index in [1.54, 1.807) is 29.2 Å². The van der Waals surface area contributed by atoms with Gasteiger partial charge in [-0.25, -0.2) is 8.42 Å². The van der Waals surface area contributed by atoms with Crippen LogP contribution in [-0.4, -0.2) is 57.0 Å². The zero-order valence-corrected chi connectivity index (χ0v) is 12.0. The van der Waals surface area contributed by atoms with Gasteiger partial charge >= 0.3 is 5.97 Å². The van der Waals surface area contributed by atoms with Gasteiger partial charge in [0, 0.05) is 13.7 Å². The second-order valence-corrected chi connectivity index (χ2v) is 6.69. The molecule has 0 radical (unpaired) electrons. The van der Waals surface area contributed by atoms with E-state index >= 15 is 0 Å². The molecule has 1 N–H and O–H groups in total. The molecule has 1 atom stereocenters. The molecule has 20 heavy (non-hydrogen) atoms. The standard InChI is InChI=1S/C13H17NO5S/c1-19-7-6-14(8-13(15)16)11-9-20(17,18)12-5-3-2-4-10(11)12/h2-5,11H,6-9H2,1H3,(H,15,16). The molecular formula is C13H17NO5S. The van der Waals surface area contributed by atoms with Crippen molar-refractivity contribution >= 4 is 15.8 Å². The van der Waals surface area contributed by atoms with Gasteiger partial charge in [-0.1, -0.05) is 18.2 Å². The molecule has 0 saturated heterocycles. The number of carbonyl (C=O) groups is 1. The van der Waals surface area contributed by atoms with Crippen molar-refractivity contribution in [2.75, 3.05) is 32.6 Å². The van der Waals surface area contributed by atoms with Gasteiger partial charge in [-0.3, -0.25) is 9.69 Å². The monoisotopic (exact) mass is 299 g/mol. The van der Waals surface area contributed by atoms with Gasteiger partial charge in [-0.05, 0) is 11.6 Å². The third-order valence-electron chi connectivity index (χ3n) is 3.35. The Morgan fingerprint density at radius 2 is 2.15 bits per heavy atom. The minimum Gasteiger partial charge on any atom is -0.480 e. The third kappa shape index (κ3) is 3.00. The van der Waals surface area contributed by atoms with Gasteiger partial charge in [0.05, 0.1) is 29.8 Å². The normalized spacial score (nSPS) is 20.0. The van der Waals surface area contributed by atoms with Crippen LogP contribution in [0, 0.1) is 0 Å². The van der Waals surface area contributed by atoms with Crippen molar-refractivity contribution in [3.8, 4) is 0 Å². The second-order valence-electron chi connectivity index (χ2n) is 4.69. The lowest BCUT2D eigenvalue weighted by Crippen LogP contribution is -2.37. The lowest BCUT2D eigenvalue weighted by atomic mass is 10.1. The van der Waals surface area contributed by atoms with Gasteiger partial charge in [-0.15, -0.1) is 0 Å². The molecule has 1 heterocycles. The molecule has 1 aliphatic heterocycles. The number of methoxy groups -OCH3 is 1. The van der Waals surface area contributed by atoms with Crippen molar-refractivity contribution in [1.29, 1.82) is 0 Å². The quantitative estimate of drug-likeness (QED) is 0.826. The molecule has 0 amide bonds. The van der Waals surface area contributed by atoms with Gasteiger partial charge in [0.2, 0.25) is 0 Å². The fourth-order valence-electron chi connectivity index (χ4n) is 2.46. The fraction of sp³-hybridized carbons (Fsp3) is 0.462. The number of nitrogens with zero attached hydrogens (tertiary/aromatic N) is 1. The Kier molecular flexibility index (Phi) is 4.42. The summed E-state index contributed by atoms with van der Waals surface area (Å²) in [5.74, 6) is -1.06. The van der Waals surface area contributed by atoms with E-state index in [-0.39, 0.29) is 12.3 Å². The predicted octanol–water partition coefficient (Wildman–Crippen LogP) is 0.548. The summed E-state index contributed by atoms with van der Waals surface area (Å²) in [6.07, 6.45) is 0. The van der Waals surface area contributed by atoms with Crippen LogP contribution in [0.5, 0.6) is 0 Å². The minimum atomic E-state index is -3.34. The maximum atomic E-state index is 12.1. The van der Waals surface area contributed by atoms with Crippen LogP contribution in [0.3, 0.4) is 0 Å². The van der Waals surface area contributed by atoms with Gasteiger partial charge in [0.25, 0.3) is 0 Å². The lowest BCUT2D eigenvalue weighted by Gasteiger charge is -2.26. The lowest BCUT2D eigenvalue weighted by molar-refractivity contribution is -0.139. The number of carboxylic acids is 1. The highest BCUT2D eigenvalue weighted by Gasteiger charge is 2.38. The third-order valence-corrected chi connectivity index (χ3v) is 5.15. The van der Waals surface area contributed by atoms with Gasteiger partial charge < -0.3 is 9.84 Å². The molecule has 1 unspecified atom stereocenters. The summed E-state index contributed by atoms with van der Waals surface area (Å²) in [6, 6.07) is 6.33. The number of ether oxygens (including phenoxy) is 1. The van der Waals surface area contributed by atoms with Crippen LogP contribution in [0.2, 0.25) is 0 Å². The molecule has 1 aromatic rings. The minimum absolute atomic E-state index is 0.0800. The van der Waals surface area contributed by atoms with Gasteiger partial charge in [0.1, 0.15) is 0 Å². The van der Waals surface area contributed by atoms with E-state index < -0.39 is 21.8 Å². The summed E-state index contributed by atoms with van der Waals surface area (Å²) in [5, 5.41) is 8.99. The maximum Gasteiger partial charge on any atom is 0.317 e. The summed E-state index contributed by atoms with van der Waals surface area (Å²) < 4.78 is 29.2. The molecular weight excluding hydrogens is 282 g/mol. The van der Waals surface area contributed by atoms with Crippen molar-refractivity contribution in [3.05, 3.63) is 29.8 Å². The number of rotatable bonds is 6. The van der Waals surface area contributed by atoms with E-state index in [0.29, 0.717) is 23.6 Å². The molecule has 0 aromatic heterocycles. The summed E-state index contributed by atoms with van der Waals surface area (Å²) in [7, 11) is -1.81. The Morgan fingerprint density at radius 1 is 1.45 bits per heavy atom. The molecule has 1 aliphatic rings. The van der Waals surface area contributed by atoms with E-state index in [1.165, 1.54) is 7.11 Å². The van der Waals surface area contributed by atoms with Crippen molar-refractivity contribution in [1.82, 2.24) is 4.90 Å². The van der Waals surface area contributed by atoms with E-state index in [0.717, 1.165) is 0 Å². The van der Waals surface area contributed by atoms with Crippen LogP contribution < -0.4 is 0 Å². The molecule has 1 aromatic carbocycles. The molecule has 110 valence electrons. The first-order valence-electron chi connectivity index (χ1n) is 6.22. The van der Waals surface area contributed by atoms with Crippen molar-refractivity contribution < 1.29 is 23.1 Å². The zero-order chi connectivity index (χ0) is 14.8. The SMILES string of the molecule is COCCN(CC(=O)O)C1CS(=O)(=O)c2ccccc21. The Bertz CT molecular complexity index is 599. The molecule has 6 nitrogen and oxygen atoms in total. The fourth-order valence-corrected chi connectivity index (χ4v) is 4.29. The molecule has 7 heteroatoms. The van der Waals surface area contributed by atoms with E-state index in [2.05, 4.69) is 0 Å². The highest BCUT2D eigenvalue weighted by molar-refractivity contribution is 7.91. The number of sulfone groups is 1. The van der Waals surface area contributed by atoms with Crippen LogP contribution in [0.4, 0.5) is 0 Å². The zero-order valence-electron chi connectivity index (χ0n) is 11.2. The number of aliphatic carboxylic acids is 1. The van der Waals surface area contributed by atoms with Crippen LogP contribution in [0.15, 0.2) is 29.2 Å². The summed E-state index contributed by atoms with van der Waals surface area (Å²) >= 11 is 0. The number of carboxylic acid groups (broad SMARTS) is 1. The van der Waals surface area contributed by atoms with Crippen LogP contribution in [-0.2, 0) is 19.4 Å². The van der Waals surface area contributed by atoms with Crippen molar-refractivity contribution in [2.24, 2.45) is 0 Å². The number of fused-ring (bicyclic) bond motifs is 1. The Morgan fingerprint density at radius 3 is 2.80 bits per heavy atom. The first-order chi connectivity index (χ1) is 9.45. The van der Waals surface area contributed by atoms with Crippen molar-refractivity contribution in [2.45, 2.75) is 10.9 Å². The summed E-state index contributed by atoms with van der Waals surface area (Å²) in [4.78, 5) is 12.9. The van der Waals surface area contributed by atoms with Crippen LogP contribution >= 0.6 is 0 Å². The van der Waals surface area contributed by atoms with E-state index in [9.17, 15) is 13.2 Å². The van der Waals surface area contributed by atoms with Crippen molar-refractivity contribution in [3.63, 3.8) is 0 Å². The highest BCUT2D eigenvalue weighted by atomic mass is 32.2. The van der Waals surface area contributed by atoms with Gasteiger partial charge in [0.15, 0.2) is 9.84 Å². The number of hydrogen-bond acceptors (Lipinski definition) is 5. The van der Waals surface area contributed by atoms with E-state index in [1.807, 2.05) is 0 Å². The second kappa shape index (κ2) is 5.90. The largest absolute Gasteiger partial charge is 0.480 e. The molecule has 0 saturated carbocycles. The van der Waals surface area contributed by atoms with Crippen LogP contribution in [0.1, 0.15) is 11.6 Å². The highest BCUT2D eigenvalue weighted by Crippen LogP contribution is 2.36. The Balaban J connectivity index is 2.33. The maximum absolute atomic E-state index is 12.1.